The summed E-state index contributed by atoms with van der Waals surface area (Å²) < 4.78 is 2.00. The number of hydrogen-bond acceptors (Lipinski definition) is 3. The van der Waals surface area contributed by atoms with Gasteiger partial charge in [-0.15, -0.1) is 0 Å². The molecule has 2 aromatic rings. The Balaban J connectivity index is 2.63. The normalized spacial score (nSPS) is 11.1. The number of nitrogen functional groups attached to an aromatic ring is 1. The molecule has 2 rings (SSSR count). The first kappa shape index (κ1) is 14.7. The Kier molecular flexibility index (Phi) is 4.45. The van der Waals surface area contributed by atoms with Crippen molar-refractivity contribution < 1.29 is 0 Å². The molecule has 0 spiro atoms. The predicted molar refractivity (Wildman–Crippen MR) is 91.1 cm³/mol. The Hall–Kier alpha value is -0.690. The highest BCUT2D eigenvalue weighted by molar-refractivity contribution is 14.1. The number of aromatic nitrogens is 2. The van der Waals surface area contributed by atoms with Gasteiger partial charge in [-0.05, 0) is 59.2 Å². The summed E-state index contributed by atoms with van der Waals surface area (Å²) >= 11 is 5.68. The molecule has 0 unspecified atom stereocenters. The summed E-state index contributed by atoms with van der Waals surface area (Å²) in [5, 5.41) is 0. The third-order valence-electron chi connectivity index (χ3n) is 2.88. The zero-order valence-electron chi connectivity index (χ0n) is 11.0. The number of hydrogen-bond donors (Lipinski definition) is 1. The van der Waals surface area contributed by atoms with E-state index >= 15 is 0 Å². The number of halogens is 2. The molecule has 0 bridgehead atoms. The van der Waals surface area contributed by atoms with E-state index in [4.69, 9.17) is 5.73 Å². The topological polar surface area (TPSA) is 51.8 Å². The van der Waals surface area contributed by atoms with Gasteiger partial charge in [-0.2, -0.15) is 0 Å². The number of rotatable bonds is 2. The van der Waals surface area contributed by atoms with Gasteiger partial charge in [0.1, 0.15) is 5.82 Å². The lowest BCUT2D eigenvalue weighted by atomic mass is 10.1. The van der Waals surface area contributed by atoms with Gasteiger partial charge in [0.15, 0.2) is 5.82 Å². The van der Waals surface area contributed by atoms with Crippen molar-refractivity contribution >= 4 is 44.3 Å². The maximum Gasteiger partial charge on any atom is 0.162 e. The van der Waals surface area contributed by atoms with Crippen LogP contribution in [-0.4, -0.2) is 9.97 Å². The van der Waals surface area contributed by atoms with Crippen LogP contribution < -0.4 is 5.73 Å². The highest BCUT2D eigenvalue weighted by atomic mass is 127. The second kappa shape index (κ2) is 5.75. The van der Waals surface area contributed by atoms with E-state index in [2.05, 4.69) is 68.4 Å². The van der Waals surface area contributed by atoms with E-state index in [0.29, 0.717) is 17.6 Å². The molecule has 2 N–H and O–H groups in total. The highest BCUT2D eigenvalue weighted by Crippen LogP contribution is 2.29. The van der Waals surface area contributed by atoms with E-state index in [-0.39, 0.29) is 0 Å². The molecule has 0 aliphatic heterocycles. The Morgan fingerprint density at radius 3 is 2.53 bits per heavy atom. The lowest BCUT2D eigenvalue weighted by molar-refractivity contribution is 0.810. The van der Waals surface area contributed by atoms with Crippen LogP contribution in [0.25, 0.3) is 11.4 Å². The lowest BCUT2D eigenvalue weighted by Crippen LogP contribution is -2.06. The van der Waals surface area contributed by atoms with Gasteiger partial charge in [0.2, 0.25) is 0 Å². The second-order valence-electron chi connectivity index (χ2n) is 4.75. The summed E-state index contributed by atoms with van der Waals surface area (Å²) in [6, 6.07) is 6.07. The molecule has 5 heteroatoms. The van der Waals surface area contributed by atoms with Gasteiger partial charge < -0.3 is 5.73 Å². The molecule has 1 aromatic heterocycles. The first-order chi connectivity index (χ1) is 8.90. The summed E-state index contributed by atoms with van der Waals surface area (Å²) in [4.78, 5) is 9.10. The Labute approximate surface area is 135 Å². The SMILES string of the molecule is Cc1cc(Br)ccc1-c1nc(N)c(I)c(C(C)C)n1. The van der Waals surface area contributed by atoms with Gasteiger partial charge in [0, 0.05) is 10.0 Å². The second-order valence-corrected chi connectivity index (χ2v) is 6.74. The van der Waals surface area contributed by atoms with Crippen LogP contribution in [0.1, 0.15) is 31.0 Å². The van der Waals surface area contributed by atoms with Crippen LogP contribution in [0.5, 0.6) is 0 Å². The quantitative estimate of drug-likeness (QED) is 0.711. The summed E-state index contributed by atoms with van der Waals surface area (Å²) in [6.07, 6.45) is 0. The van der Waals surface area contributed by atoms with E-state index in [1.807, 2.05) is 19.1 Å². The maximum atomic E-state index is 6.01. The average molecular weight is 432 g/mol. The van der Waals surface area contributed by atoms with Crippen LogP contribution in [0.4, 0.5) is 5.82 Å². The van der Waals surface area contributed by atoms with Gasteiger partial charge in [-0.25, -0.2) is 9.97 Å². The van der Waals surface area contributed by atoms with E-state index in [1.54, 1.807) is 0 Å². The Morgan fingerprint density at radius 2 is 1.95 bits per heavy atom. The first-order valence-electron chi connectivity index (χ1n) is 5.99. The van der Waals surface area contributed by atoms with Crippen LogP contribution in [0, 0.1) is 10.5 Å². The monoisotopic (exact) mass is 431 g/mol. The fourth-order valence-corrected chi connectivity index (χ4v) is 3.20. The zero-order chi connectivity index (χ0) is 14.2. The molecule has 0 saturated heterocycles. The standard InChI is InChI=1S/C14H15BrIN3/c1-7(2)12-11(16)13(17)19-14(18-12)10-5-4-9(15)6-8(10)3/h4-7H,1-3H3,(H2,17,18,19). The maximum absolute atomic E-state index is 6.01. The highest BCUT2D eigenvalue weighted by Gasteiger charge is 2.15. The van der Waals surface area contributed by atoms with Crippen LogP contribution in [0.3, 0.4) is 0 Å². The summed E-state index contributed by atoms with van der Waals surface area (Å²) in [5.74, 6) is 1.58. The number of aryl methyl sites for hydroxylation is 1. The summed E-state index contributed by atoms with van der Waals surface area (Å²) in [6.45, 7) is 6.27. The molecular weight excluding hydrogens is 417 g/mol. The number of benzene rings is 1. The van der Waals surface area contributed by atoms with E-state index in [9.17, 15) is 0 Å². The zero-order valence-corrected chi connectivity index (χ0v) is 14.8. The van der Waals surface area contributed by atoms with E-state index in [1.165, 1.54) is 0 Å². The van der Waals surface area contributed by atoms with Gasteiger partial charge in [-0.3, -0.25) is 0 Å². The molecule has 3 nitrogen and oxygen atoms in total. The third kappa shape index (κ3) is 3.08. The molecule has 0 aliphatic carbocycles. The molecule has 0 atom stereocenters. The fraction of sp³-hybridized carbons (Fsp3) is 0.286. The fourth-order valence-electron chi connectivity index (χ4n) is 1.86. The molecule has 0 radical (unpaired) electrons. The van der Waals surface area contributed by atoms with Crippen molar-refractivity contribution in [3.8, 4) is 11.4 Å². The number of nitrogens with two attached hydrogens (primary N) is 1. The van der Waals surface area contributed by atoms with Gasteiger partial charge in [0.05, 0.1) is 9.26 Å². The van der Waals surface area contributed by atoms with Crippen molar-refractivity contribution in [2.24, 2.45) is 0 Å². The predicted octanol–water partition coefficient (Wildman–Crippen LogP) is 4.52. The van der Waals surface area contributed by atoms with Crippen molar-refractivity contribution in [3.63, 3.8) is 0 Å². The van der Waals surface area contributed by atoms with Gasteiger partial charge in [0.25, 0.3) is 0 Å². The average Bonchev–Trinajstić information content (AvgIpc) is 2.32. The van der Waals surface area contributed by atoms with Crippen molar-refractivity contribution in [1.82, 2.24) is 9.97 Å². The molecule has 19 heavy (non-hydrogen) atoms. The molecule has 100 valence electrons. The summed E-state index contributed by atoms with van der Waals surface area (Å²) in [7, 11) is 0. The molecule has 0 fully saturated rings. The molecule has 1 aromatic carbocycles. The van der Waals surface area contributed by atoms with Crippen molar-refractivity contribution in [2.45, 2.75) is 26.7 Å². The van der Waals surface area contributed by atoms with Gasteiger partial charge in [-0.1, -0.05) is 29.8 Å². The Bertz CT molecular complexity index is 626. The molecule has 0 aliphatic rings. The third-order valence-corrected chi connectivity index (χ3v) is 4.48. The van der Waals surface area contributed by atoms with Crippen molar-refractivity contribution in [1.29, 1.82) is 0 Å². The molecular formula is C14H15BrIN3. The van der Waals surface area contributed by atoms with Crippen molar-refractivity contribution in [2.75, 3.05) is 5.73 Å². The van der Waals surface area contributed by atoms with Crippen LogP contribution in [0.2, 0.25) is 0 Å². The minimum atomic E-state index is 0.326. The minimum Gasteiger partial charge on any atom is -0.383 e. The van der Waals surface area contributed by atoms with E-state index < -0.39 is 0 Å². The van der Waals surface area contributed by atoms with Crippen molar-refractivity contribution in [3.05, 3.63) is 37.5 Å². The Morgan fingerprint density at radius 1 is 1.26 bits per heavy atom. The molecule has 0 amide bonds. The van der Waals surface area contributed by atoms with Crippen LogP contribution in [-0.2, 0) is 0 Å². The smallest absolute Gasteiger partial charge is 0.162 e. The largest absolute Gasteiger partial charge is 0.383 e. The number of nitrogens with zero attached hydrogens (tertiary/aromatic N) is 2. The lowest BCUT2D eigenvalue weighted by Gasteiger charge is -2.13. The summed E-state index contributed by atoms with van der Waals surface area (Å²) in [5.41, 5.74) is 9.16. The van der Waals surface area contributed by atoms with Crippen LogP contribution in [0.15, 0.2) is 22.7 Å². The van der Waals surface area contributed by atoms with Gasteiger partial charge >= 0.3 is 0 Å². The minimum absolute atomic E-state index is 0.326. The number of anilines is 1. The van der Waals surface area contributed by atoms with Crippen LogP contribution >= 0.6 is 38.5 Å². The molecule has 0 saturated carbocycles. The first-order valence-corrected chi connectivity index (χ1v) is 7.86. The molecule has 1 heterocycles. The van der Waals surface area contributed by atoms with E-state index in [0.717, 1.165) is 24.9 Å².